The Bertz CT molecular complexity index is 1690. The van der Waals surface area contributed by atoms with Gasteiger partial charge in [-0.1, -0.05) is 30.4 Å². The van der Waals surface area contributed by atoms with E-state index >= 15 is 0 Å². The molecule has 10 nitrogen and oxygen atoms in total. The number of nitrogens with zero attached hydrogens (tertiary/aromatic N) is 6. The zero-order valence-electron chi connectivity index (χ0n) is 27.0. The van der Waals surface area contributed by atoms with Gasteiger partial charge in [0, 0.05) is 48.7 Å². The largest absolute Gasteiger partial charge is 0.479 e. The van der Waals surface area contributed by atoms with Crippen LogP contribution in [-0.2, 0) is 20.8 Å². The normalized spacial score (nSPS) is 15.7. The number of ether oxygens (including phenoxy) is 2. The molecule has 0 amide bonds. The maximum atomic E-state index is 12.7. The lowest BCUT2D eigenvalue weighted by molar-refractivity contribution is -0.160. The lowest BCUT2D eigenvalue weighted by atomic mass is 9.92. The van der Waals surface area contributed by atoms with E-state index in [2.05, 4.69) is 31.0 Å². The first kappa shape index (κ1) is 32.1. The Morgan fingerprint density at radius 2 is 1.80 bits per heavy atom. The fourth-order valence-corrected chi connectivity index (χ4v) is 5.75. The van der Waals surface area contributed by atoms with Gasteiger partial charge in [-0.05, 0) is 66.0 Å². The number of hydrogen-bond acceptors (Lipinski definition) is 7. The van der Waals surface area contributed by atoms with Gasteiger partial charge in [0.1, 0.15) is 5.82 Å². The monoisotopic (exact) mass is 612 g/mol. The minimum absolute atomic E-state index is 0.297. The van der Waals surface area contributed by atoms with Gasteiger partial charge in [0.2, 0.25) is 0 Å². The molecule has 0 bridgehead atoms. The van der Waals surface area contributed by atoms with Gasteiger partial charge in [0.25, 0.3) is 0 Å². The van der Waals surface area contributed by atoms with Crippen LogP contribution < -0.4 is 4.90 Å². The molecule has 4 aromatic rings. The minimum atomic E-state index is -1.23. The highest BCUT2D eigenvalue weighted by Crippen LogP contribution is 2.38. The predicted molar refractivity (Wildman–Crippen MR) is 176 cm³/mol. The van der Waals surface area contributed by atoms with Crippen molar-refractivity contribution in [1.82, 2.24) is 24.4 Å². The Morgan fingerprint density at radius 1 is 1.09 bits per heavy atom. The van der Waals surface area contributed by atoms with Crippen molar-refractivity contribution in [3.05, 3.63) is 79.2 Å². The Kier molecular flexibility index (Phi) is 9.27. The molecule has 0 saturated carbocycles. The summed E-state index contributed by atoms with van der Waals surface area (Å²) >= 11 is 0. The first-order chi connectivity index (χ1) is 21.4. The lowest BCUT2D eigenvalue weighted by Gasteiger charge is -2.41. The number of carboxylic acid groups (broad SMARTS) is 1. The van der Waals surface area contributed by atoms with Gasteiger partial charge in [0.05, 0.1) is 34.8 Å². The van der Waals surface area contributed by atoms with Crippen LogP contribution in [0.3, 0.4) is 0 Å². The molecule has 1 unspecified atom stereocenters. The van der Waals surface area contributed by atoms with Crippen molar-refractivity contribution in [1.29, 1.82) is 0 Å². The number of carboxylic acids is 1. The van der Waals surface area contributed by atoms with Crippen molar-refractivity contribution in [2.45, 2.75) is 77.7 Å². The Hall–Kier alpha value is -4.28. The summed E-state index contributed by atoms with van der Waals surface area (Å²) in [7, 11) is 0. The molecule has 0 radical (unpaired) electrons. The van der Waals surface area contributed by atoms with Crippen LogP contribution in [0, 0.1) is 6.92 Å². The van der Waals surface area contributed by atoms with E-state index in [0.717, 1.165) is 48.3 Å². The summed E-state index contributed by atoms with van der Waals surface area (Å²) < 4.78 is 16.0. The van der Waals surface area contributed by atoms with Gasteiger partial charge in [-0.25, -0.2) is 9.78 Å². The van der Waals surface area contributed by atoms with Crippen LogP contribution >= 0.6 is 0 Å². The number of hydrogen-bond donors (Lipinski definition) is 1. The second-order valence-corrected chi connectivity index (χ2v) is 12.8. The zero-order chi connectivity index (χ0) is 32.4. The first-order valence-electron chi connectivity index (χ1n) is 15.5. The van der Waals surface area contributed by atoms with E-state index in [9.17, 15) is 9.90 Å². The molecule has 10 heteroatoms. The molecule has 5 rings (SSSR count). The number of anilines is 1. The molecule has 0 aliphatic carbocycles. The Labute approximate surface area is 265 Å². The average molecular weight is 613 g/mol. The molecule has 1 aliphatic heterocycles. The summed E-state index contributed by atoms with van der Waals surface area (Å²) in [5.74, 6) is -0.387. The quantitative estimate of drug-likeness (QED) is 0.177. The van der Waals surface area contributed by atoms with Crippen molar-refractivity contribution in [2.24, 2.45) is 0 Å². The van der Waals surface area contributed by atoms with E-state index in [4.69, 9.17) is 24.7 Å². The molecule has 238 valence electrons. The van der Waals surface area contributed by atoms with Gasteiger partial charge in [0.15, 0.2) is 11.8 Å². The number of fused-ring (bicyclic) bond motifs is 1. The van der Waals surface area contributed by atoms with Crippen LogP contribution in [0.4, 0.5) is 5.82 Å². The summed E-state index contributed by atoms with van der Waals surface area (Å²) in [6.07, 6.45) is 6.76. The number of aliphatic carboxylic acids is 1. The topological polar surface area (TPSA) is 107 Å². The van der Waals surface area contributed by atoms with Crippen molar-refractivity contribution in [2.75, 3.05) is 24.6 Å². The highest BCUT2D eigenvalue weighted by molar-refractivity contribution is 5.79. The molecule has 1 atom stereocenters. The van der Waals surface area contributed by atoms with Crippen molar-refractivity contribution < 1.29 is 19.4 Å². The standard InChI is InChI=1S/C35H44N6O4/c1-8-10-17-40-18-14-27(37-40)25-12-11-13-26(22-25)28-23-29-36-24(3)30(31(33(42)43)45-34(4,5)6)32(41(29)38-28)39-19-15-35(7,16-20-39)44-21-9-2/h8-9,11-14,18,22-23,31H,1-2,10,15-17,19-21H2,3-7H3,(H,42,43). The van der Waals surface area contributed by atoms with E-state index in [1.165, 1.54) is 0 Å². The molecule has 1 aliphatic rings. The molecule has 1 fully saturated rings. The second kappa shape index (κ2) is 13.0. The molecule has 0 spiro atoms. The van der Waals surface area contributed by atoms with Crippen LogP contribution in [0.25, 0.3) is 28.2 Å². The van der Waals surface area contributed by atoms with Crippen LogP contribution in [-0.4, -0.2) is 66.4 Å². The number of carbonyl (C=O) groups is 1. The third-order valence-corrected chi connectivity index (χ3v) is 8.09. The summed E-state index contributed by atoms with van der Waals surface area (Å²) in [5.41, 5.74) is 4.23. The number of piperidine rings is 1. The van der Waals surface area contributed by atoms with E-state index in [-0.39, 0.29) is 5.60 Å². The van der Waals surface area contributed by atoms with Gasteiger partial charge < -0.3 is 19.5 Å². The smallest absolute Gasteiger partial charge is 0.337 e. The molecule has 4 heterocycles. The second-order valence-electron chi connectivity index (χ2n) is 12.8. The van der Waals surface area contributed by atoms with Crippen LogP contribution in [0.1, 0.15) is 64.3 Å². The SMILES string of the molecule is C=CCCn1ccc(-c2cccc(-c3cc4nc(C)c(C(OC(C)(C)C)C(=O)O)c(N5CCC(C)(OCC=C)CC5)n4n3)c2)n1. The maximum absolute atomic E-state index is 12.7. The van der Waals surface area contributed by atoms with Crippen molar-refractivity contribution in [3.8, 4) is 22.5 Å². The van der Waals surface area contributed by atoms with Crippen LogP contribution in [0.5, 0.6) is 0 Å². The summed E-state index contributed by atoms with van der Waals surface area (Å²) in [4.78, 5) is 19.8. The third-order valence-electron chi connectivity index (χ3n) is 8.09. The summed E-state index contributed by atoms with van der Waals surface area (Å²) in [6, 6.07) is 12.1. The third kappa shape index (κ3) is 7.18. The first-order valence-corrected chi connectivity index (χ1v) is 15.5. The number of allylic oxidation sites excluding steroid dienone is 1. The zero-order valence-corrected chi connectivity index (χ0v) is 27.0. The van der Waals surface area contributed by atoms with E-state index < -0.39 is 17.7 Å². The van der Waals surface area contributed by atoms with Gasteiger partial charge in [-0.3, -0.25) is 4.68 Å². The maximum Gasteiger partial charge on any atom is 0.337 e. The molecule has 1 aromatic carbocycles. The predicted octanol–water partition coefficient (Wildman–Crippen LogP) is 6.65. The molecular formula is C35H44N6O4. The molecular weight excluding hydrogens is 568 g/mol. The van der Waals surface area contributed by atoms with Gasteiger partial charge >= 0.3 is 5.97 Å². The van der Waals surface area contributed by atoms with Gasteiger partial charge in [-0.2, -0.15) is 14.7 Å². The van der Waals surface area contributed by atoms with E-state index in [1.54, 1.807) is 10.6 Å². The number of aryl methyl sites for hydroxylation is 2. The summed E-state index contributed by atoms with van der Waals surface area (Å²) in [5, 5.41) is 20.2. The van der Waals surface area contributed by atoms with Crippen LogP contribution in [0.2, 0.25) is 0 Å². The Balaban J connectivity index is 1.60. The van der Waals surface area contributed by atoms with Crippen molar-refractivity contribution >= 4 is 17.4 Å². The molecule has 3 aromatic heterocycles. The van der Waals surface area contributed by atoms with E-state index in [1.807, 2.05) is 75.0 Å². The molecule has 1 N–H and O–H groups in total. The van der Waals surface area contributed by atoms with Gasteiger partial charge in [-0.15, -0.1) is 13.2 Å². The number of rotatable bonds is 12. The highest BCUT2D eigenvalue weighted by atomic mass is 16.5. The number of benzene rings is 1. The average Bonchev–Trinajstić information content (AvgIpc) is 3.65. The number of aromatic nitrogens is 5. The minimum Gasteiger partial charge on any atom is -0.479 e. The molecule has 45 heavy (non-hydrogen) atoms. The summed E-state index contributed by atoms with van der Waals surface area (Å²) in [6.45, 7) is 19.7. The fraction of sp³-hybridized carbons (Fsp3) is 0.429. The van der Waals surface area contributed by atoms with Crippen molar-refractivity contribution in [3.63, 3.8) is 0 Å². The Morgan fingerprint density at radius 3 is 2.44 bits per heavy atom. The van der Waals surface area contributed by atoms with E-state index in [0.29, 0.717) is 42.4 Å². The molecule has 1 saturated heterocycles. The fourth-order valence-electron chi connectivity index (χ4n) is 5.75. The lowest BCUT2D eigenvalue weighted by Crippen LogP contribution is -2.45. The van der Waals surface area contributed by atoms with Crippen LogP contribution in [0.15, 0.2) is 67.9 Å². The highest BCUT2D eigenvalue weighted by Gasteiger charge is 2.37.